The molecule has 3 rings (SSSR count). The van der Waals surface area contributed by atoms with Crippen LogP contribution >= 0.6 is 11.6 Å². The van der Waals surface area contributed by atoms with Gasteiger partial charge in [0, 0.05) is 38.2 Å². The van der Waals surface area contributed by atoms with Crippen molar-refractivity contribution in [2.75, 3.05) is 24.7 Å². The van der Waals surface area contributed by atoms with Gasteiger partial charge in [0.25, 0.3) is 5.91 Å². The Morgan fingerprint density at radius 1 is 1.26 bits per heavy atom. The number of carbonyl (C=O) groups is 1. The lowest BCUT2D eigenvalue weighted by Crippen LogP contribution is -2.34. The second kappa shape index (κ2) is 12.7. The van der Waals surface area contributed by atoms with Gasteiger partial charge in [-0.25, -0.2) is 13.4 Å². The number of aryl methyl sites for hydroxylation is 1. The SMILES string of the molecule is CCn1nc(C(=O)NCC2CCC(S(C)(=O)=O)CC2)c(Cl)c1-c1cnc(NCCC(F)(F)F)cc1OC(F)F. The minimum absolute atomic E-state index is 0.0332. The molecule has 218 valence electrons. The Labute approximate surface area is 227 Å². The molecule has 2 N–H and O–H groups in total. The van der Waals surface area contributed by atoms with E-state index >= 15 is 0 Å². The van der Waals surface area contributed by atoms with Crippen molar-refractivity contribution in [3.05, 3.63) is 23.0 Å². The standard InChI is InChI=1S/C23H29ClF5N5O4S/c1-3-34-20(15-12-31-17(10-16(15)38-22(25)26)30-9-8-23(27,28)29)18(24)19(33-34)21(35)32-11-13-4-6-14(7-5-13)39(2,36)37/h10,12-14,22H,3-9,11H2,1-2H3,(H,30,31)(H,32,35). The molecule has 0 unspecified atom stereocenters. The number of ether oxygens (including phenoxy) is 1. The van der Waals surface area contributed by atoms with Gasteiger partial charge in [-0.3, -0.25) is 9.48 Å². The summed E-state index contributed by atoms with van der Waals surface area (Å²) < 4.78 is 93.1. The van der Waals surface area contributed by atoms with Crippen molar-refractivity contribution < 1.29 is 39.9 Å². The largest absolute Gasteiger partial charge is 0.434 e. The van der Waals surface area contributed by atoms with E-state index in [1.165, 1.54) is 10.9 Å². The lowest BCUT2D eigenvalue weighted by molar-refractivity contribution is -0.131. The minimum atomic E-state index is -4.41. The van der Waals surface area contributed by atoms with Crippen molar-refractivity contribution in [2.24, 2.45) is 5.92 Å². The van der Waals surface area contributed by atoms with Crippen LogP contribution in [-0.2, 0) is 16.4 Å². The molecule has 0 spiro atoms. The van der Waals surface area contributed by atoms with E-state index in [2.05, 4.69) is 25.5 Å². The number of carbonyl (C=O) groups excluding carboxylic acids is 1. The smallest absolute Gasteiger partial charge is 0.390 e. The number of nitrogens with zero attached hydrogens (tertiary/aromatic N) is 3. The highest BCUT2D eigenvalue weighted by Crippen LogP contribution is 2.38. The summed E-state index contributed by atoms with van der Waals surface area (Å²) in [5.74, 6) is -1.07. The van der Waals surface area contributed by atoms with Crippen molar-refractivity contribution in [1.29, 1.82) is 0 Å². The highest BCUT2D eigenvalue weighted by Gasteiger charge is 2.30. The Hall–Kier alpha value is -2.68. The summed E-state index contributed by atoms with van der Waals surface area (Å²) in [4.78, 5) is 16.9. The molecule has 1 fully saturated rings. The van der Waals surface area contributed by atoms with E-state index in [0.29, 0.717) is 25.7 Å². The summed E-state index contributed by atoms with van der Waals surface area (Å²) in [7, 11) is -3.11. The second-order valence-corrected chi connectivity index (χ2v) is 11.9. The first-order valence-corrected chi connectivity index (χ1v) is 14.5. The van der Waals surface area contributed by atoms with E-state index in [4.69, 9.17) is 11.6 Å². The predicted molar refractivity (Wildman–Crippen MR) is 135 cm³/mol. The van der Waals surface area contributed by atoms with Gasteiger partial charge < -0.3 is 15.4 Å². The van der Waals surface area contributed by atoms with Crippen LogP contribution in [0, 0.1) is 5.92 Å². The lowest BCUT2D eigenvalue weighted by atomic mass is 9.89. The zero-order chi connectivity index (χ0) is 29.0. The molecular formula is C23H29ClF5N5O4S. The van der Waals surface area contributed by atoms with Crippen LogP contribution in [0.5, 0.6) is 5.75 Å². The van der Waals surface area contributed by atoms with Crippen molar-refractivity contribution in [3.8, 4) is 17.0 Å². The van der Waals surface area contributed by atoms with Crippen LogP contribution in [0.4, 0.5) is 27.8 Å². The molecule has 1 aliphatic carbocycles. The first-order valence-electron chi connectivity index (χ1n) is 12.2. The van der Waals surface area contributed by atoms with Crippen molar-refractivity contribution in [1.82, 2.24) is 20.1 Å². The molecule has 1 saturated carbocycles. The van der Waals surface area contributed by atoms with E-state index in [1.54, 1.807) is 6.92 Å². The average molecular weight is 602 g/mol. The molecule has 1 aliphatic rings. The van der Waals surface area contributed by atoms with Gasteiger partial charge in [-0.1, -0.05) is 11.6 Å². The molecule has 0 radical (unpaired) electrons. The number of anilines is 1. The number of nitrogens with one attached hydrogen (secondary N) is 2. The number of halogens is 6. The van der Waals surface area contributed by atoms with Crippen molar-refractivity contribution in [2.45, 2.75) is 63.6 Å². The lowest BCUT2D eigenvalue weighted by Gasteiger charge is -2.27. The maximum atomic E-state index is 13.2. The van der Waals surface area contributed by atoms with Gasteiger partial charge in [0.2, 0.25) is 0 Å². The number of hydrogen-bond donors (Lipinski definition) is 2. The quantitative estimate of drug-likeness (QED) is 0.351. The summed E-state index contributed by atoms with van der Waals surface area (Å²) in [6.07, 6.45) is -0.978. The highest BCUT2D eigenvalue weighted by atomic mass is 35.5. The zero-order valence-corrected chi connectivity index (χ0v) is 22.8. The first kappa shape index (κ1) is 30.9. The number of alkyl halides is 5. The molecule has 0 aliphatic heterocycles. The van der Waals surface area contributed by atoms with E-state index in [9.17, 15) is 35.2 Å². The van der Waals surface area contributed by atoms with E-state index in [-0.39, 0.29) is 52.0 Å². The fourth-order valence-corrected chi connectivity index (χ4v) is 5.84. The fourth-order valence-electron chi connectivity index (χ4n) is 4.39. The summed E-state index contributed by atoms with van der Waals surface area (Å²) >= 11 is 6.49. The maximum absolute atomic E-state index is 13.2. The predicted octanol–water partition coefficient (Wildman–Crippen LogP) is 4.92. The molecule has 39 heavy (non-hydrogen) atoms. The van der Waals surface area contributed by atoms with Crippen LogP contribution in [-0.4, -0.2) is 66.5 Å². The average Bonchev–Trinajstić information content (AvgIpc) is 3.17. The van der Waals surface area contributed by atoms with E-state index in [0.717, 1.165) is 12.3 Å². The number of aromatic nitrogens is 3. The topological polar surface area (TPSA) is 115 Å². The van der Waals surface area contributed by atoms with Crippen LogP contribution in [0.25, 0.3) is 11.3 Å². The zero-order valence-electron chi connectivity index (χ0n) is 21.2. The Kier molecular flexibility index (Phi) is 10.0. The van der Waals surface area contributed by atoms with Crippen molar-refractivity contribution >= 4 is 33.2 Å². The van der Waals surface area contributed by atoms with Gasteiger partial charge in [0.05, 0.1) is 28.0 Å². The van der Waals surface area contributed by atoms with Crippen molar-refractivity contribution in [3.63, 3.8) is 0 Å². The first-order chi connectivity index (χ1) is 18.2. The molecule has 9 nitrogen and oxygen atoms in total. The molecule has 2 aromatic heterocycles. The van der Waals surface area contributed by atoms with Gasteiger partial charge in [0.1, 0.15) is 21.4 Å². The Balaban J connectivity index is 1.79. The Bertz CT molecular complexity index is 1260. The monoisotopic (exact) mass is 601 g/mol. The van der Waals surface area contributed by atoms with E-state index < -0.39 is 47.2 Å². The van der Waals surface area contributed by atoms with Gasteiger partial charge in [-0.05, 0) is 38.5 Å². The number of pyridine rings is 1. The third-order valence-electron chi connectivity index (χ3n) is 6.41. The summed E-state index contributed by atoms with van der Waals surface area (Å²) in [6.45, 7) is -1.64. The molecule has 0 bridgehead atoms. The third kappa shape index (κ3) is 8.40. The Morgan fingerprint density at radius 2 is 1.92 bits per heavy atom. The molecule has 0 aromatic carbocycles. The van der Waals surface area contributed by atoms with Crippen LogP contribution in [0.3, 0.4) is 0 Å². The third-order valence-corrected chi connectivity index (χ3v) is 8.45. The van der Waals surface area contributed by atoms with Gasteiger partial charge in [-0.15, -0.1) is 0 Å². The number of amides is 1. The molecule has 1 amide bonds. The molecule has 2 aromatic rings. The van der Waals surface area contributed by atoms with Gasteiger partial charge in [-0.2, -0.15) is 27.1 Å². The molecule has 0 atom stereocenters. The fraction of sp³-hybridized carbons (Fsp3) is 0.609. The highest BCUT2D eigenvalue weighted by molar-refractivity contribution is 7.91. The van der Waals surface area contributed by atoms with E-state index in [1.807, 2.05) is 0 Å². The minimum Gasteiger partial charge on any atom is -0.434 e. The van der Waals surface area contributed by atoms with Crippen LogP contribution in [0.15, 0.2) is 12.3 Å². The number of sulfone groups is 1. The summed E-state index contributed by atoms with van der Waals surface area (Å²) in [6, 6.07) is 1.02. The van der Waals surface area contributed by atoms with Crippen LogP contribution < -0.4 is 15.4 Å². The van der Waals surface area contributed by atoms with Gasteiger partial charge in [0.15, 0.2) is 5.69 Å². The normalized spacial score (nSPS) is 18.3. The van der Waals surface area contributed by atoms with Crippen LogP contribution in [0.2, 0.25) is 5.02 Å². The maximum Gasteiger partial charge on any atom is 0.390 e. The number of rotatable bonds is 11. The number of hydrogen-bond acceptors (Lipinski definition) is 7. The van der Waals surface area contributed by atoms with Crippen LogP contribution in [0.1, 0.15) is 49.5 Å². The second-order valence-electron chi connectivity index (χ2n) is 9.25. The molecule has 0 saturated heterocycles. The van der Waals surface area contributed by atoms with Gasteiger partial charge >= 0.3 is 12.8 Å². The Morgan fingerprint density at radius 3 is 2.49 bits per heavy atom. The molecular weight excluding hydrogens is 573 g/mol. The summed E-state index contributed by atoms with van der Waals surface area (Å²) in [5.41, 5.74) is -0.120. The molecule has 16 heteroatoms. The molecule has 2 heterocycles. The summed E-state index contributed by atoms with van der Waals surface area (Å²) in [5, 5.41) is 8.85.